The second-order valence-electron chi connectivity index (χ2n) is 3.58. The van der Waals surface area contributed by atoms with E-state index in [2.05, 4.69) is 15.2 Å². The molecule has 1 aromatic carbocycles. The summed E-state index contributed by atoms with van der Waals surface area (Å²) in [6, 6.07) is 5.15. The Morgan fingerprint density at radius 2 is 1.89 bits per heavy atom. The first-order chi connectivity index (χ1) is 9.19. The van der Waals surface area contributed by atoms with Gasteiger partial charge in [-0.3, -0.25) is 9.78 Å². The van der Waals surface area contributed by atoms with Crippen LogP contribution < -0.4 is 15.0 Å². The van der Waals surface area contributed by atoms with Crippen LogP contribution in [-0.4, -0.2) is 35.7 Å². The number of hydrogen-bond donors (Lipinski definition) is 1. The molecule has 1 N–H and O–H groups in total. The average molecular weight is 279 g/mol. The zero-order valence-corrected chi connectivity index (χ0v) is 11.6. The molecule has 0 aliphatic carbocycles. The Balaban J connectivity index is 2.50. The lowest BCUT2D eigenvalue weighted by molar-refractivity contribution is 0.355. The molecule has 0 bridgehead atoms. The Labute approximate surface area is 114 Å². The average Bonchev–Trinajstić information content (AvgIpc) is 2.46. The minimum absolute atomic E-state index is 0.249. The van der Waals surface area contributed by atoms with Crippen LogP contribution in [0.15, 0.2) is 28.2 Å². The van der Waals surface area contributed by atoms with Crippen LogP contribution >= 0.6 is 11.8 Å². The molecule has 0 unspecified atom stereocenters. The third-order valence-electron chi connectivity index (χ3n) is 2.53. The fraction of sp³-hybridized carbons (Fsp3) is 0.250. The number of thioether (sulfide) groups is 1. The number of methoxy groups -OCH3 is 2. The van der Waals surface area contributed by atoms with Crippen LogP contribution in [0.2, 0.25) is 0 Å². The van der Waals surface area contributed by atoms with Crippen LogP contribution in [0.4, 0.5) is 0 Å². The van der Waals surface area contributed by atoms with E-state index in [4.69, 9.17) is 9.47 Å². The molecule has 0 fully saturated rings. The van der Waals surface area contributed by atoms with Crippen molar-refractivity contribution in [1.29, 1.82) is 0 Å². The SMILES string of the molecule is COc1ccc(-c2nnc(SC)[nH]c2=O)cc1OC. The maximum absolute atomic E-state index is 11.9. The zero-order valence-electron chi connectivity index (χ0n) is 10.8. The molecule has 100 valence electrons. The summed E-state index contributed by atoms with van der Waals surface area (Å²) < 4.78 is 10.3. The second kappa shape index (κ2) is 5.75. The van der Waals surface area contributed by atoms with Gasteiger partial charge < -0.3 is 9.47 Å². The molecule has 7 heteroatoms. The highest BCUT2D eigenvalue weighted by Gasteiger charge is 2.11. The predicted molar refractivity (Wildman–Crippen MR) is 73.0 cm³/mol. The van der Waals surface area contributed by atoms with Crippen LogP contribution in [0.25, 0.3) is 11.3 Å². The molecule has 1 aromatic heterocycles. The number of nitrogens with one attached hydrogen (secondary N) is 1. The number of nitrogens with zero attached hydrogens (tertiary/aromatic N) is 2. The number of ether oxygens (including phenoxy) is 2. The smallest absolute Gasteiger partial charge is 0.278 e. The van der Waals surface area contributed by atoms with Gasteiger partial charge in [-0.05, 0) is 24.5 Å². The van der Waals surface area contributed by atoms with E-state index in [1.54, 1.807) is 25.3 Å². The lowest BCUT2D eigenvalue weighted by Gasteiger charge is -2.08. The van der Waals surface area contributed by atoms with E-state index in [-0.39, 0.29) is 11.3 Å². The normalized spacial score (nSPS) is 10.3. The van der Waals surface area contributed by atoms with Gasteiger partial charge in [0.25, 0.3) is 5.56 Å². The van der Waals surface area contributed by atoms with Crippen LogP contribution in [0, 0.1) is 0 Å². The van der Waals surface area contributed by atoms with Gasteiger partial charge in [-0.25, -0.2) is 0 Å². The Morgan fingerprint density at radius 3 is 2.47 bits per heavy atom. The van der Waals surface area contributed by atoms with E-state index < -0.39 is 0 Å². The van der Waals surface area contributed by atoms with Crippen molar-refractivity contribution < 1.29 is 9.47 Å². The summed E-state index contributed by atoms with van der Waals surface area (Å²) in [6.45, 7) is 0. The number of H-pyrrole nitrogens is 1. The van der Waals surface area contributed by atoms with Gasteiger partial charge in [-0.15, -0.1) is 10.2 Å². The number of rotatable bonds is 4. The Kier molecular flexibility index (Phi) is 4.06. The highest BCUT2D eigenvalue weighted by atomic mass is 32.2. The Bertz CT molecular complexity index is 642. The minimum Gasteiger partial charge on any atom is -0.493 e. The molecule has 0 saturated heterocycles. The molecule has 0 amide bonds. The summed E-state index contributed by atoms with van der Waals surface area (Å²) in [6.07, 6.45) is 1.82. The summed E-state index contributed by atoms with van der Waals surface area (Å²) in [5.74, 6) is 1.13. The summed E-state index contributed by atoms with van der Waals surface area (Å²) in [5.41, 5.74) is 0.587. The first kappa shape index (κ1) is 13.4. The number of benzene rings is 1. The lowest BCUT2D eigenvalue weighted by Crippen LogP contribution is -2.14. The number of hydrogen-bond acceptors (Lipinski definition) is 6. The van der Waals surface area contributed by atoms with Crippen molar-refractivity contribution in [2.45, 2.75) is 5.16 Å². The van der Waals surface area contributed by atoms with Crippen LogP contribution in [0.1, 0.15) is 0 Å². The van der Waals surface area contributed by atoms with Gasteiger partial charge in [0.1, 0.15) is 0 Å². The van der Waals surface area contributed by atoms with E-state index in [1.807, 2.05) is 6.26 Å². The van der Waals surface area contributed by atoms with Crippen molar-refractivity contribution in [2.75, 3.05) is 20.5 Å². The van der Waals surface area contributed by atoms with Gasteiger partial charge in [0.15, 0.2) is 22.3 Å². The van der Waals surface area contributed by atoms with Gasteiger partial charge in [0.2, 0.25) is 0 Å². The number of aromatic amines is 1. The van der Waals surface area contributed by atoms with Gasteiger partial charge in [-0.1, -0.05) is 11.8 Å². The van der Waals surface area contributed by atoms with Crippen LogP contribution in [-0.2, 0) is 0 Å². The standard InChI is InChI=1S/C12H13N3O3S/c1-17-8-5-4-7(6-9(8)18-2)10-11(16)13-12(19-3)15-14-10/h4-6H,1-3H3,(H,13,15,16). The topological polar surface area (TPSA) is 77.1 Å². The molecule has 0 radical (unpaired) electrons. The molecule has 2 aromatic rings. The van der Waals surface area contributed by atoms with Crippen molar-refractivity contribution in [3.63, 3.8) is 0 Å². The molecule has 0 saturated carbocycles. The third-order valence-corrected chi connectivity index (χ3v) is 3.10. The number of aromatic nitrogens is 3. The van der Waals surface area contributed by atoms with Crippen molar-refractivity contribution >= 4 is 11.8 Å². The van der Waals surface area contributed by atoms with E-state index >= 15 is 0 Å². The predicted octanol–water partition coefficient (Wildman–Crippen LogP) is 1.57. The summed E-state index contributed by atoms with van der Waals surface area (Å²) in [7, 11) is 3.09. The molecule has 0 aliphatic heterocycles. The Morgan fingerprint density at radius 1 is 1.16 bits per heavy atom. The van der Waals surface area contributed by atoms with E-state index in [1.165, 1.54) is 18.9 Å². The highest BCUT2D eigenvalue weighted by Crippen LogP contribution is 2.30. The van der Waals surface area contributed by atoms with Gasteiger partial charge in [-0.2, -0.15) is 0 Å². The van der Waals surface area contributed by atoms with Crippen LogP contribution in [0.5, 0.6) is 11.5 Å². The van der Waals surface area contributed by atoms with Crippen molar-refractivity contribution in [2.24, 2.45) is 0 Å². The summed E-state index contributed by atoms with van der Waals surface area (Å²) in [4.78, 5) is 14.6. The fourth-order valence-corrected chi connectivity index (χ4v) is 1.90. The first-order valence-electron chi connectivity index (χ1n) is 5.43. The Hall–Kier alpha value is -2.02. The molecule has 19 heavy (non-hydrogen) atoms. The molecule has 1 heterocycles. The minimum atomic E-state index is -0.286. The molecular formula is C12H13N3O3S. The molecule has 2 rings (SSSR count). The molecule has 6 nitrogen and oxygen atoms in total. The van der Waals surface area contributed by atoms with E-state index in [9.17, 15) is 4.79 Å². The maximum atomic E-state index is 11.9. The highest BCUT2D eigenvalue weighted by molar-refractivity contribution is 7.98. The largest absolute Gasteiger partial charge is 0.493 e. The monoisotopic (exact) mass is 279 g/mol. The van der Waals surface area contributed by atoms with Crippen LogP contribution in [0.3, 0.4) is 0 Å². The van der Waals surface area contributed by atoms with Gasteiger partial charge in [0, 0.05) is 5.56 Å². The van der Waals surface area contributed by atoms with Gasteiger partial charge in [0.05, 0.1) is 14.2 Å². The maximum Gasteiger partial charge on any atom is 0.278 e. The van der Waals surface area contributed by atoms with Crippen molar-refractivity contribution in [3.05, 3.63) is 28.6 Å². The van der Waals surface area contributed by atoms with Gasteiger partial charge >= 0.3 is 0 Å². The second-order valence-corrected chi connectivity index (χ2v) is 4.38. The zero-order chi connectivity index (χ0) is 13.8. The van der Waals surface area contributed by atoms with Crippen molar-refractivity contribution in [1.82, 2.24) is 15.2 Å². The first-order valence-corrected chi connectivity index (χ1v) is 6.65. The van der Waals surface area contributed by atoms with E-state index in [0.29, 0.717) is 22.2 Å². The third kappa shape index (κ3) is 2.70. The molecule has 0 atom stereocenters. The molecular weight excluding hydrogens is 266 g/mol. The quantitative estimate of drug-likeness (QED) is 0.856. The lowest BCUT2D eigenvalue weighted by atomic mass is 10.1. The fourth-order valence-electron chi connectivity index (χ4n) is 1.59. The summed E-state index contributed by atoms with van der Waals surface area (Å²) in [5, 5.41) is 8.34. The molecule has 0 aliphatic rings. The summed E-state index contributed by atoms with van der Waals surface area (Å²) >= 11 is 1.33. The van der Waals surface area contributed by atoms with Crippen molar-refractivity contribution in [3.8, 4) is 22.8 Å². The molecule has 0 spiro atoms. The van der Waals surface area contributed by atoms with E-state index in [0.717, 1.165) is 0 Å².